The highest BCUT2D eigenvalue weighted by atomic mass is 35.5. The molecule has 3 rings (SSSR count). The number of nitrogens with one attached hydrogen (secondary N) is 1. The number of carbonyl (C=O) groups is 1. The highest BCUT2D eigenvalue weighted by Gasteiger charge is 2.32. The minimum Gasteiger partial charge on any atom is -0.481 e. The lowest BCUT2D eigenvalue weighted by Crippen LogP contribution is -2.49. The Kier molecular flexibility index (Phi) is 9.47. The van der Waals surface area contributed by atoms with Gasteiger partial charge in [-0.2, -0.15) is 0 Å². The molecule has 6 heteroatoms. The van der Waals surface area contributed by atoms with Crippen LogP contribution in [0.15, 0.2) is 52.1 Å². The summed E-state index contributed by atoms with van der Waals surface area (Å²) in [6, 6.07) is 5.90. The molecule has 2 N–H and O–H groups in total. The molecule has 164 valence electrons. The van der Waals surface area contributed by atoms with Gasteiger partial charge in [-0.3, -0.25) is 9.69 Å². The number of halogens is 2. The number of nitrogens with zero attached hydrogens (tertiary/aromatic N) is 1. The Hall–Kier alpha value is -1.75. The molecule has 0 spiro atoms. The molecule has 1 aliphatic heterocycles. The maximum absolute atomic E-state index is 10.9. The van der Waals surface area contributed by atoms with Crippen LogP contribution in [0.4, 0.5) is 5.69 Å². The summed E-state index contributed by atoms with van der Waals surface area (Å²) in [6.07, 6.45) is 6.42. The molecule has 1 aromatic rings. The number of allylic oxidation sites excluding steroid dienone is 5. The van der Waals surface area contributed by atoms with E-state index in [0.717, 1.165) is 40.4 Å². The van der Waals surface area contributed by atoms with Crippen molar-refractivity contribution in [2.24, 2.45) is 5.92 Å². The number of hydrogen-bond donors (Lipinski definition) is 2. The molecule has 1 heterocycles. The second-order valence-corrected chi connectivity index (χ2v) is 8.77. The van der Waals surface area contributed by atoms with E-state index in [4.69, 9.17) is 28.3 Å². The molecule has 0 aromatic heterocycles. The second kappa shape index (κ2) is 11.6. The second-order valence-electron chi connectivity index (χ2n) is 7.99. The third-order valence-corrected chi connectivity index (χ3v) is 6.01. The minimum absolute atomic E-state index is 0.258. The van der Waals surface area contributed by atoms with Crippen molar-refractivity contribution in [2.75, 3.05) is 25.0 Å². The highest BCUT2D eigenvalue weighted by molar-refractivity contribution is 6.32. The van der Waals surface area contributed by atoms with Crippen molar-refractivity contribution < 1.29 is 9.90 Å². The standard InChI is InChI=1S/C21H24Cl2N2O2.C3H8/c1-13-3-4-15(7-14(2)20(13)23)9-24-18-5-6-19(22)16(8-18)10-25-11-17(12-25)21(26)27;1-3-2/h3,5-8,17,24H,4,9-12H2,1-2H3,(H,26,27);3H2,1-2H3. The molecule has 0 unspecified atom stereocenters. The van der Waals surface area contributed by atoms with E-state index < -0.39 is 5.97 Å². The van der Waals surface area contributed by atoms with Crippen molar-refractivity contribution in [3.8, 4) is 0 Å². The molecule has 0 bridgehead atoms. The molecule has 0 radical (unpaired) electrons. The van der Waals surface area contributed by atoms with Crippen LogP contribution >= 0.6 is 23.2 Å². The molecule has 0 amide bonds. The number of anilines is 1. The van der Waals surface area contributed by atoms with Gasteiger partial charge in [-0.15, -0.1) is 0 Å². The van der Waals surface area contributed by atoms with Gasteiger partial charge in [0.15, 0.2) is 0 Å². The summed E-state index contributed by atoms with van der Waals surface area (Å²) in [6.45, 7) is 10.9. The van der Waals surface area contributed by atoms with Crippen LogP contribution < -0.4 is 5.32 Å². The normalized spacial score (nSPS) is 17.3. The highest BCUT2D eigenvalue weighted by Crippen LogP contribution is 2.28. The molecule has 0 saturated carbocycles. The van der Waals surface area contributed by atoms with Crippen molar-refractivity contribution in [2.45, 2.75) is 47.1 Å². The molecular weight excluding hydrogens is 419 g/mol. The third kappa shape index (κ3) is 6.90. The smallest absolute Gasteiger partial charge is 0.309 e. The van der Waals surface area contributed by atoms with E-state index in [1.54, 1.807) is 0 Å². The van der Waals surface area contributed by atoms with Crippen LogP contribution in [0.3, 0.4) is 0 Å². The fraction of sp³-hybridized carbons (Fsp3) is 0.458. The van der Waals surface area contributed by atoms with Crippen molar-refractivity contribution in [3.63, 3.8) is 0 Å². The van der Waals surface area contributed by atoms with Gasteiger partial charge in [-0.25, -0.2) is 0 Å². The maximum Gasteiger partial charge on any atom is 0.309 e. The van der Waals surface area contributed by atoms with E-state index in [1.165, 1.54) is 12.0 Å². The quantitative estimate of drug-likeness (QED) is 0.520. The number of rotatable bonds is 6. The number of carboxylic acid groups (broad SMARTS) is 1. The molecular formula is C24H32Cl2N2O2. The number of benzene rings is 1. The van der Waals surface area contributed by atoms with E-state index in [-0.39, 0.29) is 5.92 Å². The van der Waals surface area contributed by atoms with Crippen LogP contribution in [0.2, 0.25) is 5.02 Å². The first-order valence-corrected chi connectivity index (χ1v) is 11.2. The summed E-state index contributed by atoms with van der Waals surface area (Å²) in [5.41, 5.74) is 5.48. The summed E-state index contributed by atoms with van der Waals surface area (Å²) in [4.78, 5) is 13.0. The summed E-state index contributed by atoms with van der Waals surface area (Å²) >= 11 is 12.7. The van der Waals surface area contributed by atoms with E-state index in [0.29, 0.717) is 24.7 Å². The molecule has 1 aliphatic carbocycles. The monoisotopic (exact) mass is 450 g/mol. The van der Waals surface area contributed by atoms with E-state index >= 15 is 0 Å². The first-order chi connectivity index (χ1) is 14.2. The molecule has 4 nitrogen and oxygen atoms in total. The predicted octanol–water partition coefficient (Wildman–Crippen LogP) is 6.47. The van der Waals surface area contributed by atoms with Crippen LogP contribution in [0.5, 0.6) is 0 Å². The Morgan fingerprint density at radius 3 is 2.53 bits per heavy atom. The van der Waals surface area contributed by atoms with Gasteiger partial charge in [-0.1, -0.05) is 55.6 Å². The average Bonchev–Trinajstić information content (AvgIpc) is 2.78. The Labute approximate surface area is 190 Å². The summed E-state index contributed by atoms with van der Waals surface area (Å²) in [7, 11) is 0. The van der Waals surface area contributed by atoms with E-state index in [2.05, 4.69) is 36.2 Å². The van der Waals surface area contributed by atoms with Crippen LogP contribution in [-0.4, -0.2) is 35.6 Å². The lowest BCUT2D eigenvalue weighted by atomic mass is 9.99. The predicted molar refractivity (Wildman–Crippen MR) is 127 cm³/mol. The maximum atomic E-state index is 10.9. The van der Waals surface area contributed by atoms with Gasteiger partial charge in [0.25, 0.3) is 0 Å². The van der Waals surface area contributed by atoms with Gasteiger partial charge in [-0.05, 0) is 60.8 Å². The van der Waals surface area contributed by atoms with Gasteiger partial charge in [0.05, 0.1) is 5.92 Å². The summed E-state index contributed by atoms with van der Waals surface area (Å²) in [5, 5.41) is 14.0. The van der Waals surface area contributed by atoms with Crippen LogP contribution in [0.1, 0.15) is 46.1 Å². The molecule has 1 fully saturated rings. The lowest BCUT2D eigenvalue weighted by molar-refractivity contribution is -0.147. The third-order valence-electron chi connectivity index (χ3n) is 5.05. The zero-order valence-electron chi connectivity index (χ0n) is 18.3. The minimum atomic E-state index is -0.724. The SMILES string of the molecule is CC1=CCC(CNc2ccc(Cl)c(CN3CC(C(=O)O)C3)c2)=CC(C)=C1Cl.CCC. The van der Waals surface area contributed by atoms with Crippen molar-refractivity contribution in [3.05, 3.63) is 62.7 Å². The van der Waals surface area contributed by atoms with Gasteiger partial charge >= 0.3 is 5.97 Å². The van der Waals surface area contributed by atoms with Crippen molar-refractivity contribution in [1.82, 2.24) is 4.90 Å². The van der Waals surface area contributed by atoms with E-state index in [1.807, 2.05) is 32.0 Å². The van der Waals surface area contributed by atoms with Crippen LogP contribution in [0.25, 0.3) is 0 Å². The number of hydrogen-bond acceptors (Lipinski definition) is 3. The largest absolute Gasteiger partial charge is 0.481 e. The van der Waals surface area contributed by atoms with E-state index in [9.17, 15) is 4.79 Å². The zero-order chi connectivity index (χ0) is 22.3. The van der Waals surface area contributed by atoms with Crippen molar-refractivity contribution >= 4 is 34.9 Å². The Bertz CT molecular complexity index is 853. The number of aliphatic carboxylic acids is 1. The molecule has 30 heavy (non-hydrogen) atoms. The molecule has 1 aromatic carbocycles. The van der Waals surface area contributed by atoms with Gasteiger partial charge in [0.1, 0.15) is 0 Å². The fourth-order valence-corrected chi connectivity index (χ4v) is 3.66. The van der Waals surface area contributed by atoms with Gasteiger partial charge in [0.2, 0.25) is 0 Å². The summed E-state index contributed by atoms with van der Waals surface area (Å²) in [5.74, 6) is -0.981. The first kappa shape index (κ1) is 24.5. The Morgan fingerprint density at radius 1 is 1.23 bits per heavy atom. The van der Waals surface area contributed by atoms with Crippen LogP contribution in [-0.2, 0) is 11.3 Å². The summed E-state index contributed by atoms with van der Waals surface area (Å²) < 4.78 is 0. The molecule has 1 saturated heterocycles. The van der Waals surface area contributed by atoms with Gasteiger partial charge in [0, 0.05) is 41.9 Å². The zero-order valence-corrected chi connectivity index (χ0v) is 19.8. The molecule has 2 aliphatic rings. The number of carboxylic acids is 1. The Balaban J connectivity index is 0.00000101. The lowest BCUT2D eigenvalue weighted by Gasteiger charge is -2.36. The van der Waals surface area contributed by atoms with Crippen molar-refractivity contribution in [1.29, 1.82) is 0 Å². The molecule has 0 atom stereocenters. The van der Waals surface area contributed by atoms with Gasteiger partial charge < -0.3 is 10.4 Å². The first-order valence-electron chi connectivity index (χ1n) is 10.5. The number of likely N-dealkylation sites (tertiary alicyclic amines) is 1. The average molecular weight is 451 g/mol. The van der Waals surface area contributed by atoms with Crippen LogP contribution in [0, 0.1) is 5.92 Å². The fourth-order valence-electron chi connectivity index (χ4n) is 3.35. The Morgan fingerprint density at radius 2 is 1.90 bits per heavy atom. The topological polar surface area (TPSA) is 52.6 Å².